The Morgan fingerprint density at radius 2 is 2.11 bits per heavy atom. The zero-order valence-electron chi connectivity index (χ0n) is 11.0. The first-order chi connectivity index (χ1) is 8.69. The monoisotopic (exact) mass is 245 g/mol. The average molecular weight is 245 g/mol. The molecule has 0 atom stereocenters. The third kappa shape index (κ3) is 4.21. The first kappa shape index (κ1) is 14.2. The van der Waals surface area contributed by atoms with Crippen molar-refractivity contribution in [2.45, 2.75) is 39.5 Å². The van der Waals surface area contributed by atoms with Crippen molar-refractivity contribution in [1.82, 2.24) is 0 Å². The van der Waals surface area contributed by atoms with Crippen molar-refractivity contribution >= 4 is 5.78 Å². The lowest BCUT2D eigenvalue weighted by Gasteiger charge is -2.10. The van der Waals surface area contributed by atoms with E-state index in [9.17, 15) is 4.79 Å². The number of ketones is 1. The van der Waals surface area contributed by atoms with Crippen LogP contribution in [0.5, 0.6) is 5.75 Å². The minimum Gasteiger partial charge on any atom is -0.493 e. The molecule has 96 valence electrons. The molecule has 0 aliphatic carbocycles. The van der Waals surface area contributed by atoms with Gasteiger partial charge in [0.05, 0.1) is 23.8 Å². The van der Waals surface area contributed by atoms with Crippen LogP contribution < -0.4 is 4.74 Å². The highest BCUT2D eigenvalue weighted by Crippen LogP contribution is 2.21. The van der Waals surface area contributed by atoms with E-state index in [1.165, 1.54) is 19.8 Å². The summed E-state index contributed by atoms with van der Waals surface area (Å²) in [5.74, 6) is 0.487. The third-order valence-corrected chi connectivity index (χ3v) is 2.75. The van der Waals surface area contributed by atoms with Crippen LogP contribution in [0, 0.1) is 11.3 Å². The molecule has 0 aliphatic heterocycles. The van der Waals surface area contributed by atoms with Gasteiger partial charge in [-0.05, 0) is 31.5 Å². The van der Waals surface area contributed by atoms with Crippen molar-refractivity contribution in [3.8, 4) is 11.8 Å². The SMILES string of the molecule is CCCCCCOc1cc(C#N)ccc1C(C)=O. The van der Waals surface area contributed by atoms with Crippen molar-refractivity contribution in [2.75, 3.05) is 6.61 Å². The fourth-order valence-electron chi connectivity index (χ4n) is 1.71. The van der Waals surface area contributed by atoms with Crippen LogP contribution in [-0.2, 0) is 0 Å². The van der Waals surface area contributed by atoms with Gasteiger partial charge < -0.3 is 4.74 Å². The molecule has 18 heavy (non-hydrogen) atoms. The summed E-state index contributed by atoms with van der Waals surface area (Å²) >= 11 is 0. The maximum absolute atomic E-state index is 11.4. The van der Waals surface area contributed by atoms with E-state index >= 15 is 0 Å². The number of nitriles is 1. The van der Waals surface area contributed by atoms with Gasteiger partial charge in [0.1, 0.15) is 5.75 Å². The van der Waals surface area contributed by atoms with Crippen LogP contribution in [-0.4, -0.2) is 12.4 Å². The quantitative estimate of drug-likeness (QED) is 0.543. The molecule has 0 N–H and O–H groups in total. The summed E-state index contributed by atoms with van der Waals surface area (Å²) in [6.45, 7) is 4.26. The summed E-state index contributed by atoms with van der Waals surface area (Å²) in [5.41, 5.74) is 1.06. The second kappa shape index (κ2) is 7.50. The molecule has 0 saturated carbocycles. The minimum atomic E-state index is -0.0388. The Kier molecular flexibility index (Phi) is 5.93. The van der Waals surface area contributed by atoms with Gasteiger partial charge in [-0.1, -0.05) is 26.2 Å². The predicted octanol–water partition coefficient (Wildman–Crippen LogP) is 3.72. The van der Waals surface area contributed by atoms with E-state index in [0.717, 1.165) is 12.8 Å². The third-order valence-electron chi connectivity index (χ3n) is 2.75. The molecule has 1 aromatic rings. The minimum absolute atomic E-state index is 0.0388. The molecule has 0 amide bonds. The Morgan fingerprint density at radius 3 is 2.72 bits per heavy atom. The van der Waals surface area contributed by atoms with Gasteiger partial charge in [-0.25, -0.2) is 0 Å². The van der Waals surface area contributed by atoms with E-state index in [1.54, 1.807) is 18.2 Å². The van der Waals surface area contributed by atoms with E-state index in [1.807, 2.05) is 0 Å². The highest BCUT2D eigenvalue weighted by atomic mass is 16.5. The Hall–Kier alpha value is -1.82. The van der Waals surface area contributed by atoms with Crippen LogP contribution in [0.3, 0.4) is 0 Å². The van der Waals surface area contributed by atoms with Gasteiger partial charge >= 0.3 is 0 Å². The zero-order chi connectivity index (χ0) is 13.4. The van der Waals surface area contributed by atoms with E-state index in [0.29, 0.717) is 23.5 Å². The van der Waals surface area contributed by atoms with Crippen molar-refractivity contribution in [2.24, 2.45) is 0 Å². The molecular formula is C15H19NO2. The Morgan fingerprint density at radius 1 is 1.33 bits per heavy atom. The maximum Gasteiger partial charge on any atom is 0.163 e. The smallest absolute Gasteiger partial charge is 0.163 e. The fraction of sp³-hybridized carbons (Fsp3) is 0.467. The molecule has 0 bridgehead atoms. The molecule has 0 saturated heterocycles. The van der Waals surface area contributed by atoms with Crippen LogP contribution in [0.4, 0.5) is 0 Å². The van der Waals surface area contributed by atoms with Crippen LogP contribution in [0.25, 0.3) is 0 Å². The first-order valence-electron chi connectivity index (χ1n) is 6.37. The van der Waals surface area contributed by atoms with Gasteiger partial charge in [0, 0.05) is 0 Å². The normalized spacial score (nSPS) is 9.83. The van der Waals surface area contributed by atoms with Gasteiger partial charge in [0.25, 0.3) is 0 Å². The predicted molar refractivity (Wildman–Crippen MR) is 70.8 cm³/mol. The number of nitrogens with zero attached hydrogens (tertiary/aromatic N) is 1. The number of hydrogen-bond donors (Lipinski definition) is 0. The molecule has 3 heteroatoms. The zero-order valence-corrected chi connectivity index (χ0v) is 11.0. The second-order valence-electron chi connectivity index (χ2n) is 4.29. The van der Waals surface area contributed by atoms with Gasteiger partial charge in [0.15, 0.2) is 5.78 Å². The Bertz CT molecular complexity index is 446. The molecule has 0 aromatic heterocycles. The number of rotatable bonds is 7. The summed E-state index contributed by atoms with van der Waals surface area (Å²) in [7, 11) is 0. The maximum atomic E-state index is 11.4. The molecular weight excluding hydrogens is 226 g/mol. The molecule has 0 fully saturated rings. The Labute approximate surface area is 108 Å². The lowest BCUT2D eigenvalue weighted by molar-refractivity contribution is 0.101. The lowest BCUT2D eigenvalue weighted by Crippen LogP contribution is -2.03. The number of benzene rings is 1. The van der Waals surface area contributed by atoms with Gasteiger partial charge in [-0.15, -0.1) is 0 Å². The average Bonchev–Trinajstić information content (AvgIpc) is 2.38. The largest absolute Gasteiger partial charge is 0.493 e. The Balaban J connectivity index is 2.67. The van der Waals surface area contributed by atoms with Crippen molar-refractivity contribution < 1.29 is 9.53 Å². The number of ether oxygens (including phenoxy) is 1. The first-order valence-corrected chi connectivity index (χ1v) is 6.37. The summed E-state index contributed by atoms with van der Waals surface area (Å²) in [6, 6.07) is 6.98. The van der Waals surface area contributed by atoms with Crippen LogP contribution in [0.1, 0.15) is 55.5 Å². The van der Waals surface area contributed by atoms with E-state index < -0.39 is 0 Å². The summed E-state index contributed by atoms with van der Waals surface area (Å²) in [4.78, 5) is 11.4. The number of unbranched alkanes of at least 4 members (excludes halogenated alkanes) is 3. The van der Waals surface area contributed by atoms with Crippen molar-refractivity contribution in [1.29, 1.82) is 5.26 Å². The van der Waals surface area contributed by atoms with Gasteiger partial charge in [0.2, 0.25) is 0 Å². The summed E-state index contributed by atoms with van der Waals surface area (Å²) < 4.78 is 5.62. The lowest BCUT2D eigenvalue weighted by atomic mass is 10.1. The summed E-state index contributed by atoms with van der Waals surface area (Å²) in [6.07, 6.45) is 4.48. The highest BCUT2D eigenvalue weighted by Gasteiger charge is 2.09. The topological polar surface area (TPSA) is 50.1 Å². The number of carbonyl (C=O) groups excluding carboxylic acids is 1. The highest BCUT2D eigenvalue weighted by molar-refractivity contribution is 5.97. The molecule has 1 aromatic carbocycles. The van der Waals surface area contributed by atoms with E-state index in [-0.39, 0.29) is 5.78 Å². The van der Waals surface area contributed by atoms with Crippen LogP contribution >= 0.6 is 0 Å². The molecule has 0 spiro atoms. The standard InChI is InChI=1S/C15H19NO2/c1-3-4-5-6-9-18-15-10-13(11-16)7-8-14(15)12(2)17/h7-8,10H,3-6,9H2,1-2H3. The van der Waals surface area contributed by atoms with E-state index in [2.05, 4.69) is 13.0 Å². The second-order valence-corrected chi connectivity index (χ2v) is 4.29. The number of Topliss-reactive ketones (excluding diaryl/α,β-unsaturated/α-hetero) is 1. The molecule has 0 unspecified atom stereocenters. The number of hydrogen-bond acceptors (Lipinski definition) is 3. The van der Waals surface area contributed by atoms with Crippen LogP contribution in [0.15, 0.2) is 18.2 Å². The molecule has 1 rings (SSSR count). The van der Waals surface area contributed by atoms with Gasteiger partial charge in [-0.3, -0.25) is 4.79 Å². The van der Waals surface area contributed by atoms with Crippen molar-refractivity contribution in [3.05, 3.63) is 29.3 Å². The molecule has 3 nitrogen and oxygen atoms in total. The number of carbonyl (C=O) groups is 1. The molecule has 0 aliphatic rings. The fourth-order valence-corrected chi connectivity index (χ4v) is 1.71. The van der Waals surface area contributed by atoms with Crippen LogP contribution in [0.2, 0.25) is 0 Å². The summed E-state index contributed by atoms with van der Waals surface area (Å²) in [5, 5.41) is 8.84. The van der Waals surface area contributed by atoms with Crippen molar-refractivity contribution in [3.63, 3.8) is 0 Å². The van der Waals surface area contributed by atoms with Gasteiger partial charge in [-0.2, -0.15) is 5.26 Å². The van der Waals surface area contributed by atoms with E-state index in [4.69, 9.17) is 10.00 Å². The molecule has 0 heterocycles. The molecule has 0 radical (unpaired) electrons.